The van der Waals surface area contributed by atoms with Crippen molar-refractivity contribution in [3.8, 4) is 0 Å². The summed E-state index contributed by atoms with van der Waals surface area (Å²) in [4.78, 5) is 2.72. The summed E-state index contributed by atoms with van der Waals surface area (Å²) in [5.74, 6) is 0. The van der Waals surface area contributed by atoms with Crippen LogP contribution in [0.15, 0.2) is 30.3 Å². The fraction of sp³-hybridized carbons (Fsp3) is 0.538. The monoisotopic (exact) mass is 187 g/mol. The first-order chi connectivity index (χ1) is 6.95. The van der Waals surface area contributed by atoms with E-state index in [1.165, 1.54) is 37.8 Å². The maximum Gasteiger partial charge on any atom is 0.0351 e. The zero-order valence-electron chi connectivity index (χ0n) is 8.52. The Morgan fingerprint density at radius 2 is 1.86 bits per heavy atom. The number of benzene rings is 1. The quantitative estimate of drug-likeness (QED) is 0.653. The van der Waals surface area contributed by atoms with Crippen molar-refractivity contribution in [3.63, 3.8) is 0 Å². The highest BCUT2D eigenvalue weighted by atomic mass is 15.2. The Bertz CT molecular complexity index is 306. The van der Waals surface area contributed by atoms with E-state index in [-0.39, 0.29) is 0 Å². The third kappa shape index (κ3) is 1.27. The highest BCUT2D eigenvalue weighted by Gasteiger charge is 2.36. The molecule has 1 nitrogen and oxygen atoms in total. The van der Waals surface area contributed by atoms with Crippen molar-refractivity contribution < 1.29 is 0 Å². The van der Waals surface area contributed by atoms with Crippen molar-refractivity contribution in [2.45, 2.75) is 37.8 Å². The summed E-state index contributed by atoms with van der Waals surface area (Å²) >= 11 is 0. The van der Waals surface area contributed by atoms with Crippen LogP contribution in [-0.4, -0.2) is 17.5 Å². The first-order valence-electron chi connectivity index (χ1n) is 5.76. The van der Waals surface area contributed by atoms with E-state index in [4.69, 9.17) is 0 Å². The normalized spacial score (nSPS) is 32.0. The first kappa shape index (κ1) is 8.49. The lowest BCUT2D eigenvalue weighted by molar-refractivity contribution is 0.248. The van der Waals surface area contributed by atoms with Gasteiger partial charge in [0.25, 0.3) is 0 Å². The molecule has 0 N–H and O–H groups in total. The van der Waals surface area contributed by atoms with Crippen LogP contribution in [0.25, 0.3) is 0 Å². The van der Waals surface area contributed by atoms with Gasteiger partial charge in [0.05, 0.1) is 0 Å². The summed E-state index contributed by atoms with van der Waals surface area (Å²) in [7, 11) is 0. The molecule has 2 aliphatic rings. The molecule has 0 aromatic heterocycles. The molecular formula is C13H17N. The van der Waals surface area contributed by atoms with Crippen molar-refractivity contribution >= 4 is 0 Å². The van der Waals surface area contributed by atoms with E-state index < -0.39 is 0 Å². The highest BCUT2D eigenvalue weighted by molar-refractivity contribution is 5.21. The molecule has 14 heavy (non-hydrogen) atoms. The average molecular weight is 187 g/mol. The number of nitrogens with zero attached hydrogens (tertiary/aromatic N) is 1. The molecule has 0 spiro atoms. The van der Waals surface area contributed by atoms with Gasteiger partial charge >= 0.3 is 0 Å². The Hall–Kier alpha value is -0.820. The van der Waals surface area contributed by atoms with Gasteiger partial charge in [-0.25, -0.2) is 0 Å². The van der Waals surface area contributed by atoms with Gasteiger partial charge in [0.1, 0.15) is 0 Å². The lowest BCUT2D eigenvalue weighted by Crippen LogP contribution is -2.25. The number of hydrogen-bond donors (Lipinski definition) is 0. The summed E-state index contributed by atoms with van der Waals surface area (Å²) in [5, 5.41) is 0. The van der Waals surface area contributed by atoms with Gasteiger partial charge in [-0.3, -0.25) is 4.90 Å². The average Bonchev–Trinajstić information content (AvgIpc) is 2.79. The van der Waals surface area contributed by atoms with Crippen molar-refractivity contribution in [2.24, 2.45) is 0 Å². The molecule has 3 rings (SSSR count). The Morgan fingerprint density at radius 1 is 1.00 bits per heavy atom. The van der Waals surface area contributed by atoms with E-state index in [1.54, 1.807) is 0 Å². The van der Waals surface area contributed by atoms with Crippen LogP contribution in [0, 0.1) is 0 Å². The van der Waals surface area contributed by atoms with Crippen LogP contribution in [0.4, 0.5) is 0 Å². The molecule has 0 aliphatic carbocycles. The molecule has 2 heterocycles. The molecule has 2 fully saturated rings. The minimum atomic E-state index is 0.726. The molecular weight excluding hydrogens is 170 g/mol. The molecule has 1 aromatic carbocycles. The smallest absolute Gasteiger partial charge is 0.0351 e. The van der Waals surface area contributed by atoms with E-state index in [0.717, 1.165) is 12.1 Å². The Labute approximate surface area is 85.7 Å². The minimum absolute atomic E-state index is 0.726. The van der Waals surface area contributed by atoms with Crippen LogP contribution >= 0.6 is 0 Å². The van der Waals surface area contributed by atoms with E-state index >= 15 is 0 Å². The third-order valence-corrected chi connectivity index (χ3v) is 3.78. The van der Waals surface area contributed by atoms with Gasteiger partial charge in [0, 0.05) is 12.1 Å². The zero-order chi connectivity index (χ0) is 9.38. The van der Waals surface area contributed by atoms with E-state index in [9.17, 15) is 0 Å². The molecule has 2 saturated heterocycles. The molecule has 2 aliphatic heterocycles. The second-order valence-electron chi connectivity index (χ2n) is 4.54. The number of hydrogen-bond acceptors (Lipinski definition) is 1. The lowest BCUT2D eigenvalue weighted by atomic mass is 10.0. The summed E-state index contributed by atoms with van der Waals surface area (Å²) in [6.07, 6.45) is 5.63. The van der Waals surface area contributed by atoms with Gasteiger partial charge in [0.15, 0.2) is 0 Å². The maximum absolute atomic E-state index is 2.72. The fourth-order valence-electron chi connectivity index (χ4n) is 3.13. The molecule has 1 heteroatoms. The largest absolute Gasteiger partial charge is 0.293 e. The van der Waals surface area contributed by atoms with Crippen LogP contribution in [0.3, 0.4) is 0 Å². The van der Waals surface area contributed by atoms with E-state index in [0.29, 0.717) is 0 Å². The van der Waals surface area contributed by atoms with Gasteiger partial charge in [-0.1, -0.05) is 30.3 Å². The summed E-state index contributed by atoms with van der Waals surface area (Å²) < 4.78 is 0. The predicted octanol–water partition coefficient (Wildman–Crippen LogP) is 2.99. The van der Waals surface area contributed by atoms with E-state index in [1.807, 2.05) is 0 Å². The van der Waals surface area contributed by atoms with Crippen LogP contribution in [-0.2, 0) is 0 Å². The topological polar surface area (TPSA) is 3.24 Å². The van der Waals surface area contributed by atoms with Crippen molar-refractivity contribution in [1.29, 1.82) is 0 Å². The Kier molecular flexibility index (Phi) is 2.06. The van der Waals surface area contributed by atoms with Crippen LogP contribution in [0.1, 0.15) is 37.3 Å². The van der Waals surface area contributed by atoms with Crippen molar-refractivity contribution in [2.75, 3.05) is 6.54 Å². The number of fused-ring (bicyclic) bond motifs is 1. The molecule has 1 aromatic rings. The Morgan fingerprint density at radius 3 is 2.71 bits per heavy atom. The Balaban J connectivity index is 1.86. The lowest BCUT2D eigenvalue weighted by Gasteiger charge is -2.23. The summed E-state index contributed by atoms with van der Waals surface area (Å²) in [6, 6.07) is 12.6. The highest BCUT2D eigenvalue weighted by Crippen LogP contribution is 2.40. The summed E-state index contributed by atoms with van der Waals surface area (Å²) in [5.41, 5.74) is 1.52. The number of rotatable bonds is 1. The van der Waals surface area contributed by atoms with E-state index in [2.05, 4.69) is 35.2 Å². The minimum Gasteiger partial charge on any atom is -0.293 e. The molecule has 0 amide bonds. The van der Waals surface area contributed by atoms with Gasteiger partial charge in [0.2, 0.25) is 0 Å². The van der Waals surface area contributed by atoms with Crippen LogP contribution in [0.2, 0.25) is 0 Å². The van der Waals surface area contributed by atoms with Crippen molar-refractivity contribution in [1.82, 2.24) is 4.90 Å². The fourth-order valence-corrected chi connectivity index (χ4v) is 3.13. The molecule has 0 unspecified atom stereocenters. The van der Waals surface area contributed by atoms with Gasteiger partial charge < -0.3 is 0 Å². The standard InChI is InChI=1S/C13H17N/c1-2-5-11(6-3-1)13-9-8-12-7-4-10-14(12)13/h1-3,5-6,12-13H,4,7-10H2/t12-,13-/m1/s1. The molecule has 0 bridgehead atoms. The van der Waals surface area contributed by atoms with Gasteiger partial charge in [-0.05, 0) is 37.8 Å². The first-order valence-corrected chi connectivity index (χ1v) is 5.76. The summed E-state index contributed by atoms with van der Waals surface area (Å²) in [6.45, 7) is 1.32. The van der Waals surface area contributed by atoms with Gasteiger partial charge in [-0.15, -0.1) is 0 Å². The third-order valence-electron chi connectivity index (χ3n) is 3.78. The van der Waals surface area contributed by atoms with Crippen molar-refractivity contribution in [3.05, 3.63) is 35.9 Å². The molecule has 2 atom stereocenters. The SMILES string of the molecule is c1ccc([C@H]2CC[C@H]3CCCN32)cc1. The molecule has 0 saturated carbocycles. The second-order valence-corrected chi connectivity index (χ2v) is 4.54. The van der Waals surface area contributed by atoms with Gasteiger partial charge in [-0.2, -0.15) is 0 Å². The second kappa shape index (κ2) is 3.39. The maximum atomic E-state index is 2.72. The molecule has 0 radical (unpaired) electrons. The predicted molar refractivity (Wildman–Crippen MR) is 58.1 cm³/mol. The van der Waals surface area contributed by atoms with Crippen LogP contribution in [0.5, 0.6) is 0 Å². The van der Waals surface area contributed by atoms with Crippen LogP contribution < -0.4 is 0 Å². The molecule has 74 valence electrons. The zero-order valence-corrected chi connectivity index (χ0v) is 8.52.